The van der Waals surface area contributed by atoms with Crippen LogP contribution in [0.1, 0.15) is 16.7 Å². The van der Waals surface area contributed by atoms with E-state index in [1.165, 1.54) is 17.7 Å². The van der Waals surface area contributed by atoms with Crippen LogP contribution in [0.3, 0.4) is 0 Å². The summed E-state index contributed by atoms with van der Waals surface area (Å²) in [5, 5.41) is 2.75. The fourth-order valence-electron chi connectivity index (χ4n) is 2.22. The number of rotatable bonds is 3. The number of nitrogens with one attached hydrogen (secondary N) is 1. The van der Waals surface area contributed by atoms with Crippen LogP contribution in [0.2, 0.25) is 0 Å². The second-order valence-corrected chi connectivity index (χ2v) is 5.26. The first kappa shape index (κ1) is 14.2. The average Bonchev–Trinajstić information content (AvgIpc) is 2.84. The topological polar surface area (TPSA) is 41.5 Å². The Morgan fingerprint density at radius 3 is 2.45 bits per heavy atom. The van der Waals surface area contributed by atoms with E-state index in [4.69, 9.17) is 0 Å². The van der Waals surface area contributed by atoms with E-state index in [1.54, 1.807) is 18.2 Å². The summed E-state index contributed by atoms with van der Waals surface area (Å²) in [5.41, 5.74) is 3.39. The molecule has 0 atom stereocenters. The van der Waals surface area contributed by atoms with Crippen molar-refractivity contribution in [1.29, 1.82) is 0 Å². The molecule has 0 aromatic heterocycles. The smallest absolute Gasteiger partial charge is 0.275 e. The Morgan fingerprint density at radius 1 is 1.09 bits per heavy atom. The minimum Gasteiger partial charge on any atom is -0.308 e. The lowest BCUT2D eigenvalue weighted by atomic mass is 10.1. The highest BCUT2D eigenvalue weighted by molar-refractivity contribution is 6.14. The number of carbonyl (C=O) groups excluding carboxylic acids is 1. The Hall–Kier alpha value is -2.75. The summed E-state index contributed by atoms with van der Waals surface area (Å²) in [5.74, 6) is 0.0914. The third kappa shape index (κ3) is 3.28. The number of aliphatic imine (C=N–C) groups is 1. The zero-order chi connectivity index (χ0) is 15.5. The Kier molecular flexibility index (Phi) is 3.83. The summed E-state index contributed by atoms with van der Waals surface area (Å²) in [4.78, 5) is 16.3. The molecule has 2 aromatic rings. The van der Waals surface area contributed by atoms with Gasteiger partial charge in [-0.15, -0.1) is 0 Å². The Labute approximate surface area is 128 Å². The van der Waals surface area contributed by atoms with Gasteiger partial charge in [0.15, 0.2) is 0 Å². The summed E-state index contributed by atoms with van der Waals surface area (Å²) in [7, 11) is 0. The van der Waals surface area contributed by atoms with Gasteiger partial charge in [0, 0.05) is 6.42 Å². The van der Waals surface area contributed by atoms with Crippen LogP contribution in [-0.4, -0.2) is 11.7 Å². The lowest BCUT2D eigenvalue weighted by molar-refractivity contribution is -0.115. The molecule has 22 heavy (non-hydrogen) atoms. The summed E-state index contributed by atoms with van der Waals surface area (Å²) in [6.45, 7) is 2.01. The van der Waals surface area contributed by atoms with Crippen LogP contribution in [0, 0.1) is 12.7 Å². The maximum absolute atomic E-state index is 12.9. The molecule has 3 rings (SSSR count). The van der Waals surface area contributed by atoms with E-state index in [1.807, 2.05) is 31.2 Å². The maximum atomic E-state index is 12.9. The second-order valence-electron chi connectivity index (χ2n) is 5.26. The summed E-state index contributed by atoms with van der Waals surface area (Å²) in [6.07, 6.45) is 2.23. The minimum absolute atomic E-state index is 0.210. The molecule has 110 valence electrons. The fourth-order valence-corrected chi connectivity index (χ4v) is 2.22. The van der Waals surface area contributed by atoms with Crippen molar-refractivity contribution in [2.24, 2.45) is 4.99 Å². The number of amides is 1. The summed E-state index contributed by atoms with van der Waals surface area (Å²) < 4.78 is 12.9. The van der Waals surface area contributed by atoms with E-state index < -0.39 is 0 Å². The van der Waals surface area contributed by atoms with Crippen molar-refractivity contribution < 1.29 is 9.18 Å². The third-order valence-corrected chi connectivity index (χ3v) is 3.41. The third-order valence-electron chi connectivity index (χ3n) is 3.41. The van der Waals surface area contributed by atoms with E-state index in [0.29, 0.717) is 18.0 Å². The zero-order valence-electron chi connectivity index (χ0n) is 12.1. The van der Waals surface area contributed by atoms with Crippen molar-refractivity contribution in [1.82, 2.24) is 5.32 Å². The molecule has 2 aromatic carbocycles. The predicted octanol–water partition coefficient (Wildman–Crippen LogP) is 3.25. The van der Waals surface area contributed by atoms with Crippen molar-refractivity contribution in [3.63, 3.8) is 0 Å². The molecule has 0 saturated heterocycles. The van der Waals surface area contributed by atoms with Gasteiger partial charge in [-0.1, -0.05) is 42.0 Å². The van der Waals surface area contributed by atoms with Crippen molar-refractivity contribution in [3.05, 3.63) is 76.7 Å². The van der Waals surface area contributed by atoms with Gasteiger partial charge in [-0.3, -0.25) is 4.79 Å². The van der Waals surface area contributed by atoms with Crippen LogP contribution in [0.15, 0.2) is 59.2 Å². The first-order valence-corrected chi connectivity index (χ1v) is 7.02. The number of amidine groups is 1. The van der Waals surface area contributed by atoms with E-state index >= 15 is 0 Å². The van der Waals surface area contributed by atoms with Crippen LogP contribution in [-0.2, 0) is 11.2 Å². The van der Waals surface area contributed by atoms with Gasteiger partial charge in [0.1, 0.15) is 17.3 Å². The fraction of sp³-hybridized carbons (Fsp3) is 0.111. The predicted molar refractivity (Wildman–Crippen MR) is 84.8 cm³/mol. The molecule has 0 spiro atoms. The number of halogens is 1. The SMILES string of the molecule is Cc1ccc(/C=C2/N=C(Cc3ccc(F)cc3)NC2=O)cc1. The van der Waals surface area contributed by atoms with Crippen LogP contribution < -0.4 is 5.32 Å². The molecular weight excluding hydrogens is 279 g/mol. The quantitative estimate of drug-likeness (QED) is 0.867. The lowest BCUT2D eigenvalue weighted by Crippen LogP contribution is -2.25. The van der Waals surface area contributed by atoms with E-state index in [0.717, 1.165) is 11.1 Å². The molecule has 4 heteroatoms. The monoisotopic (exact) mass is 294 g/mol. The van der Waals surface area contributed by atoms with Gasteiger partial charge >= 0.3 is 0 Å². The van der Waals surface area contributed by atoms with Gasteiger partial charge in [0.05, 0.1) is 0 Å². The molecule has 0 unspecified atom stereocenters. The maximum Gasteiger partial charge on any atom is 0.275 e. The standard InChI is InChI=1S/C18H15FN2O/c1-12-2-4-13(5-3-12)10-16-18(22)21-17(20-16)11-14-6-8-15(19)9-7-14/h2-10H,11H2,1H3,(H,20,21,22)/b16-10+. The Balaban J connectivity index is 1.79. The zero-order valence-corrected chi connectivity index (χ0v) is 12.1. The second kappa shape index (κ2) is 5.93. The van der Waals surface area contributed by atoms with Gasteiger partial charge in [0.25, 0.3) is 5.91 Å². The molecule has 0 saturated carbocycles. The molecule has 1 aliphatic rings. The first-order valence-electron chi connectivity index (χ1n) is 7.02. The van der Waals surface area contributed by atoms with Crippen LogP contribution in [0.5, 0.6) is 0 Å². The highest BCUT2D eigenvalue weighted by atomic mass is 19.1. The van der Waals surface area contributed by atoms with E-state index in [-0.39, 0.29) is 11.7 Å². The summed E-state index contributed by atoms with van der Waals surface area (Å²) in [6, 6.07) is 14.0. The molecule has 0 radical (unpaired) electrons. The van der Waals surface area contributed by atoms with Gasteiger partial charge in [0.2, 0.25) is 0 Å². The van der Waals surface area contributed by atoms with Crippen molar-refractivity contribution in [3.8, 4) is 0 Å². The Morgan fingerprint density at radius 2 is 1.77 bits per heavy atom. The molecule has 1 heterocycles. The highest BCUT2D eigenvalue weighted by Gasteiger charge is 2.19. The van der Waals surface area contributed by atoms with Crippen molar-refractivity contribution in [2.75, 3.05) is 0 Å². The van der Waals surface area contributed by atoms with Crippen LogP contribution in [0.4, 0.5) is 4.39 Å². The van der Waals surface area contributed by atoms with E-state index in [9.17, 15) is 9.18 Å². The van der Waals surface area contributed by atoms with Crippen LogP contribution >= 0.6 is 0 Å². The molecule has 1 amide bonds. The molecule has 0 fully saturated rings. The molecule has 3 nitrogen and oxygen atoms in total. The minimum atomic E-state index is -0.277. The van der Waals surface area contributed by atoms with Gasteiger partial charge in [-0.05, 0) is 36.3 Å². The molecular formula is C18H15FN2O. The van der Waals surface area contributed by atoms with Crippen molar-refractivity contribution >= 4 is 17.8 Å². The highest BCUT2D eigenvalue weighted by Crippen LogP contribution is 2.14. The lowest BCUT2D eigenvalue weighted by Gasteiger charge is -2.00. The average molecular weight is 294 g/mol. The number of carbonyl (C=O) groups is 1. The number of nitrogens with zero attached hydrogens (tertiary/aromatic N) is 1. The van der Waals surface area contributed by atoms with Gasteiger partial charge < -0.3 is 5.32 Å². The number of benzene rings is 2. The number of aryl methyl sites for hydroxylation is 1. The largest absolute Gasteiger partial charge is 0.308 e. The molecule has 0 aliphatic carbocycles. The molecule has 0 bridgehead atoms. The van der Waals surface area contributed by atoms with Crippen LogP contribution in [0.25, 0.3) is 6.08 Å². The normalized spacial score (nSPS) is 15.8. The summed E-state index contributed by atoms with van der Waals surface area (Å²) >= 11 is 0. The number of hydrogen-bond acceptors (Lipinski definition) is 2. The number of hydrogen-bond donors (Lipinski definition) is 1. The van der Waals surface area contributed by atoms with E-state index in [2.05, 4.69) is 10.3 Å². The molecule has 1 N–H and O–H groups in total. The molecule has 1 aliphatic heterocycles. The first-order chi connectivity index (χ1) is 10.6. The Bertz CT molecular complexity index is 759. The van der Waals surface area contributed by atoms with Gasteiger partial charge in [-0.2, -0.15) is 0 Å². The van der Waals surface area contributed by atoms with Gasteiger partial charge in [-0.25, -0.2) is 9.38 Å². The van der Waals surface area contributed by atoms with Crippen molar-refractivity contribution in [2.45, 2.75) is 13.3 Å².